The van der Waals surface area contributed by atoms with Crippen LogP contribution in [0.2, 0.25) is 0 Å². The summed E-state index contributed by atoms with van der Waals surface area (Å²) in [6.07, 6.45) is -1.99. The maximum atomic E-state index is 12.8. The fourth-order valence-electron chi connectivity index (χ4n) is 1.77. The van der Waals surface area contributed by atoms with Gasteiger partial charge in [-0.25, -0.2) is 9.18 Å². The lowest BCUT2D eigenvalue weighted by Gasteiger charge is -2.14. The van der Waals surface area contributed by atoms with Crippen LogP contribution in [0.1, 0.15) is 6.23 Å². The standard InChI is InChI=1S/C10H12FN3O4/c11-3-5-8(16)6(4-15)18-9(5)14-2-1-7(12)13-10(14)17/h1-3,6,8-9,15-16H,4H2,(H2,12,13,17)/t6-,8?,9-/m0/s1. The molecule has 1 aliphatic rings. The minimum absolute atomic E-state index is 0.0271. The molecule has 3 atom stereocenters. The van der Waals surface area contributed by atoms with E-state index in [4.69, 9.17) is 15.6 Å². The van der Waals surface area contributed by atoms with Crippen LogP contribution in [0.5, 0.6) is 0 Å². The van der Waals surface area contributed by atoms with E-state index in [-0.39, 0.29) is 17.7 Å². The highest BCUT2D eigenvalue weighted by Gasteiger charge is 2.40. The molecule has 0 spiro atoms. The highest BCUT2D eigenvalue weighted by Crippen LogP contribution is 2.33. The number of aliphatic hydroxyl groups is 2. The molecule has 0 amide bonds. The summed E-state index contributed by atoms with van der Waals surface area (Å²) in [5.41, 5.74) is 4.45. The molecule has 7 nitrogen and oxygen atoms in total. The first kappa shape index (κ1) is 12.7. The first-order valence-corrected chi connectivity index (χ1v) is 5.17. The number of halogens is 1. The first-order chi connectivity index (χ1) is 8.58. The summed E-state index contributed by atoms with van der Waals surface area (Å²) >= 11 is 0. The maximum absolute atomic E-state index is 12.8. The number of aromatic nitrogens is 2. The Labute approximate surface area is 101 Å². The molecule has 0 saturated carbocycles. The van der Waals surface area contributed by atoms with Crippen molar-refractivity contribution >= 4 is 5.82 Å². The van der Waals surface area contributed by atoms with Gasteiger partial charge < -0.3 is 20.7 Å². The molecule has 0 aromatic carbocycles. The summed E-state index contributed by atoms with van der Waals surface area (Å²) in [7, 11) is 0. The quantitative estimate of drug-likeness (QED) is 0.622. The molecule has 98 valence electrons. The molecule has 8 heteroatoms. The molecule has 1 aliphatic heterocycles. The van der Waals surface area contributed by atoms with Crippen molar-refractivity contribution in [3.63, 3.8) is 0 Å². The summed E-state index contributed by atoms with van der Waals surface area (Å²) in [6.45, 7) is -0.494. The van der Waals surface area contributed by atoms with E-state index in [1.807, 2.05) is 0 Å². The Morgan fingerprint density at radius 1 is 1.67 bits per heavy atom. The Morgan fingerprint density at radius 2 is 2.39 bits per heavy atom. The third-order valence-electron chi connectivity index (χ3n) is 2.69. The Balaban J connectivity index is 2.41. The van der Waals surface area contributed by atoms with Gasteiger partial charge in [0.1, 0.15) is 18.0 Å². The van der Waals surface area contributed by atoms with Crippen molar-refractivity contribution in [3.8, 4) is 0 Å². The lowest BCUT2D eigenvalue weighted by Crippen LogP contribution is -2.28. The van der Waals surface area contributed by atoms with E-state index in [1.165, 1.54) is 12.3 Å². The predicted molar refractivity (Wildman–Crippen MR) is 59.1 cm³/mol. The van der Waals surface area contributed by atoms with Crippen molar-refractivity contribution in [1.29, 1.82) is 0 Å². The number of ether oxygens (including phenoxy) is 1. The highest BCUT2D eigenvalue weighted by molar-refractivity contribution is 5.25. The second-order valence-corrected chi connectivity index (χ2v) is 3.81. The average Bonchev–Trinajstić information content (AvgIpc) is 2.65. The smallest absolute Gasteiger partial charge is 0.351 e. The number of rotatable bonds is 2. The zero-order chi connectivity index (χ0) is 13.3. The molecule has 1 aromatic rings. The topological polar surface area (TPSA) is 111 Å². The van der Waals surface area contributed by atoms with Gasteiger partial charge in [0.15, 0.2) is 6.23 Å². The van der Waals surface area contributed by atoms with Crippen molar-refractivity contribution in [3.05, 3.63) is 34.7 Å². The summed E-state index contributed by atoms with van der Waals surface area (Å²) in [6, 6.07) is 1.35. The van der Waals surface area contributed by atoms with Crippen LogP contribution in [-0.2, 0) is 4.74 Å². The van der Waals surface area contributed by atoms with Gasteiger partial charge in [0.2, 0.25) is 0 Å². The number of nitrogens with zero attached hydrogens (tertiary/aromatic N) is 2. The van der Waals surface area contributed by atoms with Gasteiger partial charge in [-0.05, 0) is 6.07 Å². The third-order valence-corrected chi connectivity index (χ3v) is 2.69. The van der Waals surface area contributed by atoms with E-state index in [1.54, 1.807) is 0 Å². The first-order valence-electron chi connectivity index (χ1n) is 5.17. The molecule has 1 aromatic heterocycles. The molecule has 1 fully saturated rings. The van der Waals surface area contributed by atoms with Crippen LogP contribution in [0, 0.1) is 0 Å². The molecular weight excluding hydrogens is 245 g/mol. The fourth-order valence-corrected chi connectivity index (χ4v) is 1.77. The number of nitrogens with two attached hydrogens (primary N) is 1. The highest BCUT2D eigenvalue weighted by atomic mass is 19.1. The lowest BCUT2D eigenvalue weighted by atomic mass is 10.1. The van der Waals surface area contributed by atoms with Crippen LogP contribution < -0.4 is 11.4 Å². The Hall–Kier alpha value is -1.77. The lowest BCUT2D eigenvalue weighted by molar-refractivity contribution is -0.0447. The largest absolute Gasteiger partial charge is 0.394 e. The molecule has 0 bridgehead atoms. The van der Waals surface area contributed by atoms with E-state index in [9.17, 15) is 14.3 Å². The predicted octanol–water partition coefficient (Wildman–Crippen LogP) is -1.07. The number of aliphatic hydroxyl groups excluding tert-OH is 2. The zero-order valence-electron chi connectivity index (χ0n) is 9.23. The van der Waals surface area contributed by atoms with Gasteiger partial charge in [0.25, 0.3) is 0 Å². The monoisotopic (exact) mass is 257 g/mol. The normalized spacial score (nSPS) is 29.9. The summed E-state index contributed by atoms with van der Waals surface area (Å²) in [5.74, 6) is 0.0271. The van der Waals surface area contributed by atoms with E-state index < -0.39 is 30.7 Å². The SMILES string of the molecule is Nc1ccn([C@H]2O[C@@H](CO)C(O)C2=CF)c(=O)n1. The van der Waals surface area contributed by atoms with Gasteiger partial charge in [-0.1, -0.05) is 0 Å². The molecule has 1 unspecified atom stereocenters. The van der Waals surface area contributed by atoms with Crippen LogP contribution in [0.3, 0.4) is 0 Å². The van der Waals surface area contributed by atoms with Gasteiger partial charge in [-0.3, -0.25) is 4.57 Å². The Morgan fingerprint density at radius 3 is 2.94 bits per heavy atom. The van der Waals surface area contributed by atoms with E-state index >= 15 is 0 Å². The second-order valence-electron chi connectivity index (χ2n) is 3.81. The summed E-state index contributed by atoms with van der Waals surface area (Å²) < 4.78 is 19.0. The van der Waals surface area contributed by atoms with Crippen LogP contribution >= 0.6 is 0 Å². The van der Waals surface area contributed by atoms with Gasteiger partial charge in [0, 0.05) is 11.8 Å². The zero-order valence-corrected chi connectivity index (χ0v) is 9.23. The Kier molecular flexibility index (Phi) is 3.41. The summed E-state index contributed by atoms with van der Waals surface area (Å²) in [4.78, 5) is 15.1. The van der Waals surface area contributed by atoms with E-state index in [0.717, 1.165) is 4.57 Å². The van der Waals surface area contributed by atoms with Gasteiger partial charge in [-0.2, -0.15) is 4.98 Å². The van der Waals surface area contributed by atoms with Crippen molar-refractivity contribution in [2.45, 2.75) is 18.4 Å². The molecule has 0 radical (unpaired) electrons. The van der Waals surface area contributed by atoms with Crippen molar-refractivity contribution in [1.82, 2.24) is 9.55 Å². The number of nitrogen functional groups attached to an aromatic ring is 1. The van der Waals surface area contributed by atoms with Crippen LogP contribution in [-0.4, -0.2) is 38.6 Å². The van der Waals surface area contributed by atoms with Crippen LogP contribution in [0.25, 0.3) is 0 Å². The molecule has 0 aliphatic carbocycles. The molecule has 2 rings (SSSR count). The molecule has 2 heterocycles. The maximum Gasteiger partial charge on any atom is 0.351 e. The summed E-state index contributed by atoms with van der Waals surface area (Å²) in [5, 5.41) is 18.6. The second kappa shape index (κ2) is 4.84. The Bertz CT molecular complexity index is 530. The van der Waals surface area contributed by atoms with Crippen molar-refractivity contribution < 1.29 is 19.3 Å². The number of anilines is 1. The van der Waals surface area contributed by atoms with Crippen LogP contribution in [0.15, 0.2) is 29.0 Å². The average molecular weight is 257 g/mol. The molecule has 1 saturated heterocycles. The van der Waals surface area contributed by atoms with Gasteiger partial charge in [0.05, 0.1) is 12.9 Å². The van der Waals surface area contributed by atoms with Gasteiger partial charge in [-0.15, -0.1) is 0 Å². The number of hydrogen-bond acceptors (Lipinski definition) is 6. The molecular formula is C10H12FN3O4. The minimum Gasteiger partial charge on any atom is -0.394 e. The molecule has 18 heavy (non-hydrogen) atoms. The van der Waals surface area contributed by atoms with E-state index in [0.29, 0.717) is 0 Å². The molecule has 4 N–H and O–H groups in total. The third kappa shape index (κ3) is 2.01. The van der Waals surface area contributed by atoms with Crippen LogP contribution in [0.4, 0.5) is 10.2 Å². The van der Waals surface area contributed by atoms with E-state index in [2.05, 4.69) is 4.98 Å². The van der Waals surface area contributed by atoms with Crippen molar-refractivity contribution in [2.75, 3.05) is 12.3 Å². The van der Waals surface area contributed by atoms with Crippen molar-refractivity contribution in [2.24, 2.45) is 0 Å². The van der Waals surface area contributed by atoms with Gasteiger partial charge >= 0.3 is 5.69 Å². The minimum atomic E-state index is -1.31. The fraction of sp³-hybridized carbons (Fsp3) is 0.400. The number of hydrogen-bond donors (Lipinski definition) is 3.